The van der Waals surface area contributed by atoms with Gasteiger partial charge in [0.05, 0.1) is 24.2 Å². The Morgan fingerprint density at radius 2 is 1.64 bits per heavy atom. The smallest absolute Gasteiger partial charge is 0.255 e. The minimum atomic E-state index is -0.211. The van der Waals surface area contributed by atoms with Crippen LogP contribution in [0.15, 0.2) is 48.8 Å². The Hall–Kier alpha value is -3.15. The van der Waals surface area contributed by atoms with E-state index in [4.69, 9.17) is 9.47 Å². The van der Waals surface area contributed by atoms with Crippen LogP contribution in [-0.4, -0.2) is 29.1 Å². The lowest BCUT2D eigenvalue weighted by molar-refractivity contribution is 0.102. The van der Waals surface area contributed by atoms with Crippen molar-refractivity contribution in [3.05, 3.63) is 54.4 Å². The van der Waals surface area contributed by atoms with Crippen LogP contribution in [0.5, 0.6) is 11.5 Å². The fourth-order valence-electron chi connectivity index (χ4n) is 2.69. The molecular formula is C19H17N3O3. The van der Waals surface area contributed by atoms with Crippen molar-refractivity contribution in [1.82, 2.24) is 9.97 Å². The SMILES string of the molecule is O=C(Nc1ccc2nccnc2c1)c1ccc2c(c1)OCCCCO2. The zero-order valence-electron chi connectivity index (χ0n) is 13.6. The van der Waals surface area contributed by atoms with Crippen LogP contribution in [0, 0.1) is 0 Å². The predicted molar refractivity (Wildman–Crippen MR) is 94.2 cm³/mol. The Labute approximate surface area is 144 Å². The molecule has 25 heavy (non-hydrogen) atoms. The zero-order chi connectivity index (χ0) is 17.1. The van der Waals surface area contributed by atoms with E-state index in [2.05, 4.69) is 15.3 Å². The average Bonchev–Trinajstić information content (AvgIpc) is 2.62. The molecule has 6 heteroatoms. The second kappa shape index (κ2) is 6.76. The van der Waals surface area contributed by atoms with Gasteiger partial charge in [0.15, 0.2) is 11.5 Å². The molecule has 6 nitrogen and oxygen atoms in total. The van der Waals surface area contributed by atoms with E-state index in [1.807, 2.05) is 12.1 Å². The van der Waals surface area contributed by atoms with E-state index in [9.17, 15) is 4.79 Å². The second-order valence-electron chi connectivity index (χ2n) is 5.78. The largest absolute Gasteiger partial charge is 0.490 e. The molecule has 0 spiro atoms. The molecule has 2 aromatic carbocycles. The summed E-state index contributed by atoms with van der Waals surface area (Å²) in [6, 6.07) is 10.7. The lowest BCUT2D eigenvalue weighted by atomic mass is 10.1. The van der Waals surface area contributed by atoms with Gasteiger partial charge in [-0.2, -0.15) is 0 Å². The van der Waals surface area contributed by atoms with Gasteiger partial charge in [-0.05, 0) is 49.2 Å². The molecule has 4 rings (SSSR count). The monoisotopic (exact) mass is 335 g/mol. The first-order chi connectivity index (χ1) is 12.3. The highest BCUT2D eigenvalue weighted by atomic mass is 16.5. The first kappa shape index (κ1) is 15.4. The number of nitrogens with zero attached hydrogens (tertiary/aromatic N) is 2. The van der Waals surface area contributed by atoms with Crippen molar-refractivity contribution in [2.75, 3.05) is 18.5 Å². The number of carbonyl (C=O) groups is 1. The predicted octanol–water partition coefficient (Wildman–Crippen LogP) is 3.43. The highest BCUT2D eigenvalue weighted by Gasteiger charge is 2.14. The number of anilines is 1. The molecule has 0 radical (unpaired) electrons. The fourth-order valence-corrected chi connectivity index (χ4v) is 2.69. The molecule has 2 heterocycles. The Balaban J connectivity index is 1.56. The van der Waals surface area contributed by atoms with Crippen molar-refractivity contribution < 1.29 is 14.3 Å². The standard InChI is InChI=1S/C19H17N3O3/c23-19(22-14-4-5-15-16(12-14)21-8-7-20-15)13-3-6-17-18(11-13)25-10-2-1-9-24-17/h3-8,11-12H,1-2,9-10H2,(H,22,23). The van der Waals surface area contributed by atoms with Crippen molar-refractivity contribution in [3.63, 3.8) is 0 Å². The summed E-state index contributed by atoms with van der Waals surface area (Å²) in [5, 5.41) is 2.88. The average molecular weight is 335 g/mol. The zero-order valence-corrected chi connectivity index (χ0v) is 13.6. The van der Waals surface area contributed by atoms with Crippen molar-refractivity contribution in [3.8, 4) is 11.5 Å². The van der Waals surface area contributed by atoms with Crippen LogP contribution in [0.25, 0.3) is 11.0 Å². The lowest BCUT2D eigenvalue weighted by Gasteiger charge is -2.17. The van der Waals surface area contributed by atoms with Gasteiger partial charge in [0.25, 0.3) is 5.91 Å². The third-order valence-electron chi connectivity index (χ3n) is 3.99. The Morgan fingerprint density at radius 3 is 2.48 bits per heavy atom. The van der Waals surface area contributed by atoms with E-state index in [0.717, 1.165) is 23.9 Å². The van der Waals surface area contributed by atoms with E-state index >= 15 is 0 Å². The quantitative estimate of drug-likeness (QED) is 0.777. The van der Waals surface area contributed by atoms with Gasteiger partial charge in [0.2, 0.25) is 0 Å². The van der Waals surface area contributed by atoms with E-state index in [-0.39, 0.29) is 5.91 Å². The Kier molecular flexibility index (Phi) is 4.16. The third-order valence-corrected chi connectivity index (χ3v) is 3.99. The van der Waals surface area contributed by atoms with Crippen molar-refractivity contribution in [2.45, 2.75) is 12.8 Å². The van der Waals surface area contributed by atoms with Gasteiger partial charge >= 0.3 is 0 Å². The number of nitrogens with one attached hydrogen (secondary N) is 1. The van der Waals surface area contributed by atoms with Crippen LogP contribution >= 0.6 is 0 Å². The normalized spacial score (nSPS) is 13.8. The molecule has 0 fully saturated rings. The molecule has 0 saturated heterocycles. The molecule has 0 bridgehead atoms. The summed E-state index contributed by atoms with van der Waals surface area (Å²) in [4.78, 5) is 21.0. The minimum Gasteiger partial charge on any atom is -0.490 e. The molecule has 1 aliphatic rings. The van der Waals surface area contributed by atoms with Gasteiger partial charge in [-0.15, -0.1) is 0 Å². The van der Waals surface area contributed by atoms with E-state index in [0.29, 0.717) is 36.0 Å². The van der Waals surface area contributed by atoms with Gasteiger partial charge in [-0.25, -0.2) is 0 Å². The number of aromatic nitrogens is 2. The lowest BCUT2D eigenvalue weighted by Crippen LogP contribution is -2.13. The summed E-state index contributed by atoms with van der Waals surface area (Å²) in [6.07, 6.45) is 5.17. The minimum absolute atomic E-state index is 0.211. The molecule has 0 unspecified atom stereocenters. The van der Waals surface area contributed by atoms with Gasteiger partial charge in [0.1, 0.15) is 0 Å². The Morgan fingerprint density at radius 1 is 0.880 bits per heavy atom. The summed E-state index contributed by atoms with van der Waals surface area (Å²) in [6.45, 7) is 1.30. The third kappa shape index (κ3) is 3.38. The van der Waals surface area contributed by atoms with Crippen LogP contribution in [0.4, 0.5) is 5.69 Å². The number of benzene rings is 2. The molecule has 0 saturated carbocycles. The molecule has 0 aliphatic carbocycles. The molecule has 1 aromatic heterocycles. The molecule has 126 valence electrons. The van der Waals surface area contributed by atoms with E-state index in [1.165, 1.54) is 0 Å². The Bertz CT molecular complexity index is 927. The van der Waals surface area contributed by atoms with Crippen LogP contribution in [0.2, 0.25) is 0 Å². The first-order valence-corrected chi connectivity index (χ1v) is 8.21. The molecule has 1 amide bonds. The van der Waals surface area contributed by atoms with Crippen LogP contribution in [0.1, 0.15) is 23.2 Å². The molecule has 3 aromatic rings. The van der Waals surface area contributed by atoms with Crippen LogP contribution in [-0.2, 0) is 0 Å². The molecular weight excluding hydrogens is 318 g/mol. The number of fused-ring (bicyclic) bond motifs is 2. The van der Waals surface area contributed by atoms with Gasteiger partial charge in [-0.3, -0.25) is 14.8 Å². The second-order valence-corrected chi connectivity index (χ2v) is 5.78. The maximum absolute atomic E-state index is 12.5. The number of amides is 1. The van der Waals surface area contributed by atoms with Gasteiger partial charge < -0.3 is 14.8 Å². The number of rotatable bonds is 2. The fraction of sp³-hybridized carbons (Fsp3) is 0.211. The van der Waals surface area contributed by atoms with E-state index in [1.54, 1.807) is 36.7 Å². The van der Waals surface area contributed by atoms with Crippen LogP contribution in [0.3, 0.4) is 0 Å². The number of hydrogen-bond donors (Lipinski definition) is 1. The summed E-state index contributed by atoms with van der Waals surface area (Å²) in [5.41, 5.74) is 2.70. The summed E-state index contributed by atoms with van der Waals surface area (Å²) in [7, 11) is 0. The molecule has 1 N–H and O–H groups in total. The van der Waals surface area contributed by atoms with Crippen molar-refractivity contribution in [1.29, 1.82) is 0 Å². The summed E-state index contributed by atoms with van der Waals surface area (Å²) >= 11 is 0. The highest BCUT2D eigenvalue weighted by Crippen LogP contribution is 2.30. The summed E-state index contributed by atoms with van der Waals surface area (Å²) < 4.78 is 11.4. The number of hydrogen-bond acceptors (Lipinski definition) is 5. The molecule has 0 atom stereocenters. The van der Waals surface area contributed by atoms with E-state index < -0.39 is 0 Å². The van der Waals surface area contributed by atoms with Crippen molar-refractivity contribution in [2.24, 2.45) is 0 Å². The van der Waals surface area contributed by atoms with Crippen LogP contribution < -0.4 is 14.8 Å². The molecule has 1 aliphatic heterocycles. The number of carbonyl (C=O) groups excluding carboxylic acids is 1. The first-order valence-electron chi connectivity index (χ1n) is 8.21. The highest BCUT2D eigenvalue weighted by molar-refractivity contribution is 6.05. The number of ether oxygens (including phenoxy) is 2. The maximum atomic E-state index is 12.5. The van der Waals surface area contributed by atoms with Gasteiger partial charge in [-0.1, -0.05) is 0 Å². The maximum Gasteiger partial charge on any atom is 0.255 e. The van der Waals surface area contributed by atoms with Gasteiger partial charge in [0, 0.05) is 23.6 Å². The summed E-state index contributed by atoms with van der Waals surface area (Å²) in [5.74, 6) is 1.07. The topological polar surface area (TPSA) is 73.3 Å². The van der Waals surface area contributed by atoms with Crippen molar-refractivity contribution >= 4 is 22.6 Å².